The summed E-state index contributed by atoms with van der Waals surface area (Å²) >= 11 is 0. The monoisotopic (exact) mass is 249 g/mol. The molecular weight excluding hydrogens is 230 g/mol. The maximum Gasteiger partial charge on any atom is 0.254 e. The summed E-state index contributed by atoms with van der Waals surface area (Å²) in [5, 5.41) is 5.82. The fraction of sp³-hybridized carbons (Fsp3) is 0.538. The van der Waals surface area contributed by atoms with Crippen molar-refractivity contribution in [3.05, 3.63) is 23.9 Å². The summed E-state index contributed by atoms with van der Waals surface area (Å²) in [6.45, 7) is 3.55. The van der Waals surface area contributed by atoms with Gasteiger partial charge in [-0.15, -0.1) is 0 Å². The Morgan fingerprint density at radius 2 is 2.44 bits per heavy atom. The summed E-state index contributed by atoms with van der Waals surface area (Å²) < 4.78 is 5.70. The molecular formula is C13H19N3O2. The van der Waals surface area contributed by atoms with Crippen molar-refractivity contribution in [1.82, 2.24) is 10.3 Å². The summed E-state index contributed by atoms with van der Waals surface area (Å²) in [7, 11) is 1.61. The Bertz CT molecular complexity index is 428. The van der Waals surface area contributed by atoms with Crippen molar-refractivity contribution in [3.8, 4) is 0 Å². The largest absolute Gasteiger partial charge is 0.373 e. The Kier molecular flexibility index (Phi) is 3.81. The highest BCUT2D eigenvalue weighted by Gasteiger charge is 2.29. The summed E-state index contributed by atoms with van der Waals surface area (Å²) in [6, 6.07) is 3.51. The van der Waals surface area contributed by atoms with Crippen molar-refractivity contribution in [2.24, 2.45) is 0 Å². The molecule has 1 aromatic rings. The van der Waals surface area contributed by atoms with Crippen LogP contribution in [0.1, 0.15) is 30.1 Å². The number of nitrogens with one attached hydrogen (secondary N) is 2. The van der Waals surface area contributed by atoms with Gasteiger partial charge >= 0.3 is 0 Å². The normalized spacial score (nSPS) is 22.8. The quantitative estimate of drug-likeness (QED) is 0.847. The number of carbonyl (C=O) groups excluding carboxylic acids is 1. The van der Waals surface area contributed by atoms with E-state index in [1.54, 1.807) is 25.4 Å². The molecule has 0 radical (unpaired) electrons. The molecule has 2 N–H and O–H groups in total. The number of ether oxygens (including phenoxy) is 1. The smallest absolute Gasteiger partial charge is 0.254 e. The lowest BCUT2D eigenvalue weighted by Crippen LogP contribution is -2.33. The second kappa shape index (κ2) is 5.35. The van der Waals surface area contributed by atoms with Crippen LogP contribution in [0.3, 0.4) is 0 Å². The first-order valence-electron chi connectivity index (χ1n) is 6.19. The first-order valence-corrected chi connectivity index (χ1v) is 6.19. The SMILES string of the molecule is CNC(=O)c1cccnc1NCC1(C)CCCO1. The van der Waals surface area contributed by atoms with Crippen LogP contribution < -0.4 is 10.6 Å². The molecule has 1 saturated heterocycles. The first kappa shape index (κ1) is 12.8. The van der Waals surface area contributed by atoms with Gasteiger partial charge in [-0.25, -0.2) is 4.98 Å². The topological polar surface area (TPSA) is 63.2 Å². The molecule has 1 unspecified atom stereocenters. The third kappa shape index (κ3) is 2.79. The number of pyridine rings is 1. The molecule has 0 aliphatic carbocycles. The van der Waals surface area contributed by atoms with Gasteiger partial charge in [-0.05, 0) is 31.9 Å². The van der Waals surface area contributed by atoms with Crippen molar-refractivity contribution in [3.63, 3.8) is 0 Å². The van der Waals surface area contributed by atoms with Crippen LogP contribution in [0.25, 0.3) is 0 Å². The van der Waals surface area contributed by atoms with Crippen LogP contribution in [0.2, 0.25) is 0 Å². The van der Waals surface area contributed by atoms with Crippen molar-refractivity contribution in [2.75, 3.05) is 25.5 Å². The van der Waals surface area contributed by atoms with Crippen LogP contribution in [0.4, 0.5) is 5.82 Å². The maximum atomic E-state index is 11.7. The Balaban J connectivity index is 2.07. The van der Waals surface area contributed by atoms with E-state index in [-0.39, 0.29) is 11.5 Å². The third-order valence-corrected chi connectivity index (χ3v) is 3.21. The number of anilines is 1. The molecule has 1 aliphatic heterocycles. The Morgan fingerprint density at radius 3 is 3.11 bits per heavy atom. The van der Waals surface area contributed by atoms with Gasteiger partial charge in [0.05, 0.1) is 11.2 Å². The van der Waals surface area contributed by atoms with Gasteiger partial charge in [0.2, 0.25) is 0 Å². The van der Waals surface area contributed by atoms with Gasteiger partial charge < -0.3 is 15.4 Å². The molecule has 18 heavy (non-hydrogen) atoms. The van der Waals surface area contributed by atoms with Crippen LogP contribution in [-0.2, 0) is 4.74 Å². The van der Waals surface area contributed by atoms with E-state index in [0.29, 0.717) is 17.9 Å². The summed E-state index contributed by atoms with van der Waals surface area (Å²) in [5.74, 6) is 0.469. The Morgan fingerprint density at radius 1 is 1.61 bits per heavy atom. The summed E-state index contributed by atoms with van der Waals surface area (Å²) in [5.41, 5.74) is 0.402. The highest BCUT2D eigenvalue weighted by molar-refractivity contribution is 5.98. The van der Waals surface area contributed by atoms with Crippen LogP contribution in [0.5, 0.6) is 0 Å². The molecule has 0 aromatic carbocycles. The molecule has 0 spiro atoms. The average molecular weight is 249 g/mol. The zero-order valence-electron chi connectivity index (χ0n) is 10.8. The van der Waals surface area contributed by atoms with Crippen LogP contribution in [-0.4, -0.2) is 36.7 Å². The fourth-order valence-corrected chi connectivity index (χ4v) is 2.11. The van der Waals surface area contributed by atoms with Gasteiger partial charge in [-0.3, -0.25) is 4.79 Å². The first-order chi connectivity index (χ1) is 8.64. The number of hydrogen-bond donors (Lipinski definition) is 2. The highest BCUT2D eigenvalue weighted by Crippen LogP contribution is 2.25. The molecule has 2 heterocycles. The predicted molar refractivity (Wildman–Crippen MR) is 69.7 cm³/mol. The Hall–Kier alpha value is -1.62. The van der Waals surface area contributed by atoms with Gasteiger partial charge in [-0.2, -0.15) is 0 Å². The van der Waals surface area contributed by atoms with Gasteiger partial charge in [0.15, 0.2) is 0 Å². The number of hydrogen-bond acceptors (Lipinski definition) is 4. The van der Waals surface area contributed by atoms with Crippen molar-refractivity contribution in [2.45, 2.75) is 25.4 Å². The van der Waals surface area contributed by atoms with E-state index in [9.17, 15) is 4.79 Å². The fourth-order valence-electron chi connectivity index (χ4n) is 2.11. The van der Waals surface area contributed by atoms with E-state index < -0.39 is 0 Å². The lowest BCUT2D eigenvalue weighted by Gasteiger charge is -2.24. The van der Waals surface area contributed by atoms with Gasteiger partial charge in [0.25, 0.3) is 5.91 Å². The van der Waals surface area contributed by atoms with E-state index in [0.717, 1.165) is 19.4 Å². The number of carbonyl (C=O) groups is 1. The van der Waals surface area contributed by atoms with E-state index in [2.05, 4.69) is 22.5 Å². The highest BCUT2D eigenvalue weighted by atomic mass is 16.5. The second-order valence-electron chi connectivity index (χ2n) is 4.73. The maximum absolute atomic E-state index is 11.7. The van der Waals surface area contributed by atoms with Crippen molar-refractivity contribution in [1.29, 1.82) is 0 Å². The third-order valence-electron chi connectivity index (χ3n) is 3.21. The van der Waals surface area contributed by atoms with Crippen LogP contribution in [0, 0.1) is 0 Å². The minimum atomic E-state index is -0.155. The van der Waals surface area contributed by atoms with Gasteiger partial charge in [0.1, 0.15) is 5.82 Å². The molecule has 98 valence electrons. The predicted octanol–water partition coefficient (Wildman–Crippen LogP) is 1.42. The van der Waals surface area contributed by atoms with Gasteiger partial charge in [0, 0.05) is 26.4 Å². The molecule has 0 bridgehead atoms. The molecule has 5 heteroatoms. The van der Waals surface area contributed by atoms with Crippen molar-refractivity contribution < 1.29 is 9.53 Å². The zero-order chi connectivity index (χ0) is 13.0. The molecule has 1 amide bonds. The van der Waals surface area contributed by atoms with E-state index in [1.807, 2.05) is 0 Å². The average Bonchev–Trinajstić information content (AvgIpc) is 2.83. The zero-order valence-corrected chi connectivity index (χ0v) is 10.8. The minimum Gasteiger partial charge on any atom is -0.373 e. The number of amides is 1. The molecule has 2 rings (SSSR count). The standard InChI is InChI=1S/C13H19N3O2/c1-13(6-4-8-18-13)9-16-11-10(12(17)14-2)5-3-7-15-11/h3,5,7H,4,6,8-9H2,1-2H3,(H,14,17)(H,15,16). The van der Waals surface area contributed by atoms with Gasteiger partial charge in [-0.1, -0.05) is 0 Å². The minimum absolute atomic E-state index is 0.136. The Labute approximate surface area is 107 Å². The molecule has 0 saturated carbocycles. The number of rotatable bonds is 4. The second-order valence-corrected chi connectivity index (χ2v) is 4.73. The molecule has 1 aromatic heterocycles. The molecule has 1 atom stereocenters. The lowest BCUT2D eigenvalue weighted by molar-refractivity contribution is 0.0314. The number of aromatic nitrogens is 1. The summed E-state index contributed by atoms with van der Waals surface area (Å²) in [4.78, 5) is 15.9. The lowest BCUT2D eigenvalue weighted by atomic mass is 10.0. The van der Waals surface area contributed by atoms with Crippen LogP contribution in [0.15, 0.2) is 18.3 Å². The van der Waals surface area contributed by atoms with E-state index in [4.69, 9.17) is 4.74 Å². The molecule has 5 nitrogen and oxygen atoms in total. The van der Waals surface area contributed by atoms with Crippen molar-refractivity contribution >= 4 is 11.7 Å². The van der Waals surface area contributed by atoms with E-state index >= 15 is 0 Å². The molecule has 1 fully saturated rings. The number of nitrogens with zero attached hydrogens (tertiary/aromatic N) is 1. The van der Waals surface area contributed by atoms with Crippen LogP contribution >= 0.6 is 0 Å². The van der Waals surface area contributed by atoms with E-state index in [1.165, 1.54) is 0 Å². The summed E-state index contributed by atoms with van der Waals surface area (Å²) in [6.07, 6.45) is 3.79. The molecule has 1 aliphatic rings.